The van der Waals surface area contributed by atoms with E-state index in [1.54, 1.807) is 17.2 Å². The van der Waals surface area contributed by atoms with Crippen LogP contribution < -0.4 is 15.1 Å². The highest BCUT2D eigenvalue weighted by atomic mass is 19.3. The molecule has 17 heteroatoms. The second-order valence-corrected chi connectivity index (χ2v) is 11.5. The lowest BCUT2D eigenvalue weighted by Crippen LogP contribution is -2.50. The SMILES string of the molecule is CC(C)(C)OC(=O)N1CCN(c2ncc(-n3cc(NC(=O)c4cnn5ccc(N6CCOCC6)nc45)c(C(F)F)n3)cn2)CC1. The van der Waals surface area contributed by atoms with E-state index in [1.807, 2.05) is 30.6 Å². The third kappa shape index (κ3) is 6.62. The van der Waals surface area contributed by atoms with Crippen molar-refractivity contribution in [3.63, 3.8) is 0 Å². The number of ether oxygens (including phenoxy) is 2. The van der Waals surface area contributed by atoms with E-state index in [2.05, 4.69) is 30.5 Å². The van der Waals surface area contributed by atoms with Crippen LogP contribution in [-0.2, 0) is 9.47 Å². The largest absolute Gasteiger partial charge is 0.444 e. The predicted octanol–water partition coefficient (Wildman–Crippen LogP) is 2.79. The van der Waals surface area contributed by atoms with Gasteiger partial charge in [-0.25, -0.2) is 37.7 Å². The third-order valence-corrected chi connectivity index (χ3v) is 7.24. The molecule has 0 aliphatic carbocycles. The number of nitrogens with zero attached hydrogens (tertiary/aromatic N) is 10. The average molecular weight is 626 g/mol. The number of nitrogens with one attached hydrogen (secondary N) is 1. The van der Waals surface area contributed by atoms with E-state index >= 15 is 0 Å². The number of halogens is 2. The van der Waals surface area contributed by atoms with Crippen LogP contribution in [0.4, 0.5) is 31.0 Å². The quantitative estimate of drug-likeness (QED) is 0.337. The molecule has 4 aromatic heterocycles. The number of aromatic nitrogens is 7. The van der Waals surface area contributed by atoms with Crippen molar-refractivity contribution in [2.45, 2.75) is 32.8 Å². The lowest BCUT2D eigenvalue weighted by molar-refractivity contribution is 0.0240. The molecule has 2 aliphatic rings. The van der Waals surface area contributed by atoms with Crippen molar-refractivity contribution in [3.05, 3.63) is 48.3 Å². The number of hydrogen-bond donors (Lipinski definition) is 1. The standard InChI is InChI=1S/C28H33F2N11O4/c1-28(2,3)45-27(43)39-8-6-38(7-9-39)26-31-14-18(15-32-26)41-17-20(22(36-41)23(29)30)34-25(42)19-16-33-40-5-4-21(35-24(19)40)37-10-12-44-13-11-37/h4-5,14-17,23H,6-13H2,1-3H3,(H,34,42). The van der Waals surface area contributed by atoms with Crippen molar-refractivity contribution >= 4 is 35.1 Å². The van der Waals surface area contributed by atoms with Gasteiger partial charge >= 0.3 is 6.09 Å². The van der Waals surface area contributed by atoms with Crippen molar-refractivity contribution in [1.82, 2.24) is 39.2 Å². The minimum atomic E-state index is -2.96. The van der Waals surface area contributed by atoms with Gasteiger partial charge in [0.2, 0.25) is 5.95 Å². The van der Waals surface area contributed by atoms with Gasteiger partial charge < -0.3 is 29.5 Å². The van der Waals surface area contributed by atoms with Crippen molar-refractivity contribution < 1.29 is 27.8 Å². The summed E-state index contributed by atoms with van der Waals surface area (Å²) in [4.78, 5) is 44.6. The number of carbonyl (C=O) groups is 2. The molecule has 238 valence electrons. The second-order valence-electron chi connectivity index (χ2n) is 11.5. The van der Waals surface area contributed by atoms with Crippen LogP contribution in [0.2, 0.25) is 0 Å². The molecule has 0 unspecified atom stereocenters. The highest BCUT2D eigenvalue weighted by Gasteiger charge is 2.27. The molecule has 0 atom stereocenters. The smallest absolute Gasteiger partial charge is 0.410 e. The predicted molar refractivity (Wildman–Crippen MR) is 158 cm³/mol. The molecule has 2 amide bonds. The summed E-state index contributed by atoms with van der Waals surface area (Å²) < 4.78 is 41.5. The van der Waals surface area contributed by atoms with E-state index in [4.69, 9.17) is 9.47 Å². The van der Waals surface area contributed by atoms with E-state index in [-0.39, 0.29) is 17.3 Å². The molecule has 0 spiro atoms. The minimum absolute atomic E-state index is 0.123. The summed E-state index contributed by atoms with van der Waals surface area (Å²) in [6, 6.07) is 1.79. The fourth-order valence-corrected chi connectivity index (χ4v) is 4.97. The Balaban J connectivity index is 1.15. The Bertz CT molecular complexity index is 1670. The van der Waals surface area contributed by atoms with Gasteiger partial charge in [0.15, 0.2) is 11.3 Å². The summed E-state index contributed by atoms with van der Waals surface area (Å²) in [6.45, 7) is 9.79. The summed E-state index contributed by atoms with van der Waals surface area (Å²) in [7, 11) is 0. The maximum atomic E-state index is 14.0. The normalized spacial score (nSPS) is 16.0. The number of fused-ring (bicyclic) bond motifs is 1. The van der Waals surface area contributed by atoms with Gasteiger partial charge in [0.1, 0.15) is 22.7 Å². The minimum Gasteiger partial charge on any atom is -0.444 e. The first kappa shape index (κ1) is 30.1. The van der Waals surface area contributed by atoms with E-state index in [1.165, 1.54) is 34.0 Å². The Morgan fingerprint density at radius 3 is 2.38 bits per heavy atom. The van der Waals surface area contributed by atoms with Crippen LogP contribution in [0.5, 0.6) is 0 Å². The van der Waals surface area contributed by atoms with Gasteiger partial charge in [-0.2, -0.15) is 10.2 Å². The van der Waals surface area contributed by atoms with Crippen LogP contribution in [-0.4, -0.2) is 109 Å². The van der Waals surface area contributed by atoms with Gasteiger partial charge in [-0.1, -0.05) is 0 Å². The third-order valence-electron chi connectivity index (χ3n) is 7.24. The van der Waals surface area contributed by atoms with Gasteiger partial charge in [-0.15, -0.1) is 0 Å². The zero-order valence-electron chi connectivity index (χ0n) is 25.1. The van der Waals surface area contributed by atoms with Crippen LogP contribution >= 0.6 is 0 Å². The average Bonchev–Trinajstić information content (AvgIpc) is 3.65. The fourth-order valence-electron chi connectivity index (χ4n) is 4.97. The number of alkyl halides is 2. The first-order valence-corrected chi connectivity index (χ1v) is 14.5. The Labute approximate surface area is 256 Å². The number of amides is 2. The second kappa shape index (κ2) is 12.2. The molecule has 0 bridgehead atoms. The number of hydrogen-bond acceptors (Lipinski definition) is 11. The highest BCUT2D eigenvalue weighted by Crippen LogP contribution is 2.28. The molecular formula is C28H33F2N11O4. The summed E-state index contributed by atoms with van der Waals surface area (Å²) in [5.74, 6) is 0.430. The Kier molecular flexibility index (Phi) is 8.18. The summed E-state index contributed by atoms with van der Waals surface area (Å²) in [5, 5.41) is 10.7. The van der Waals surface area contributed by atoms with E-state index in [0.29, 0.717) is 75.6 Å². The number of morpholine rings is 1. The first-order chi connectivity index (χ1) is 21.6. The number of rotatable bonds is 6. The lowest BCUT2D eigenvalue weighted by atomic mass is 10.2. The van der Waals surface area contributed by atoms with Crippen molar-refractivity contribution in [1.29, 1.82) is 0 Å². The number of carbonyl (C=O) groups excluding carboxylic acids is 2. The molecule has 0 saturated carbocycles. The highest BCUT2D eigenvalue weighted by molar-refractivity contribution is 6.08. The summed E-state index contributed by atoms with van der Waals surface area (Å²) in [5.41, 5.74) is -0.618. The number of piperazine rings is 1. The Hall–Kier alpha value is -4.93. The van der Waals surface area contributed by atoms with Crippen LogP contribution in [0.1, 0.15) is 43.2 Å². The van der Waals surface area contributed by atoms with Crippen LogP contribution in [0.15, 0.2) is 37.1 Å². The van der Waals surface area contributed by atoms with Crippen LogP contribution in [0, 0.1) is 0 Å². The van der Waals surface area contributed by atoms with Gasteiger partial charge in [0.25, 0.3) is 12.3 Å². The summed E-state index contributed by atoms with van der Waals surface area (Å²) >= 11 is 0. The van der Waals surface area contributed by atoms with Gasteiger partial charge in [-0.05, 0) is 26.8 Å². The van der Waals surface area contributed by atoms with Crippen molar-refractivity contribution in [3.8, 4) is 5.69 Å². The molecule has 1 N–H and O–H groups in total. The van der Waals surface area contributed by atoms with E-state index in [9.17, 15) is 18.4 Å². The van der Waals surface area contributed by atoms with Crippen LogP contribution in [0.25, 0.3) is 11.3 Å². The fraction of sp³-hybridized carbons (Fsp3) is 0.464. The maximum absolute atomic E-state index is 14.0. The zero-order chi connectivity index (χ0) is 31.7. The first-order valence-electron chi connectivity index (χ1n) is 14.5. The topological polar surface area (TPSA) is 148 Å². The number of anilines is 3. The zero-order valence-corrected chi connectivity index (χ0v) is 25.1. The Morgan fingerprint density at radius 2 is 1.71 bits per heavy atom. The van der Waals surface area contributed by atoms with Crippen molar-refractivity contribution in [2.24, 2.45) is 0 Å². The molecule has 2 fully saturated rings. The summed E-state index contributed by atoms with van der Waals surface area (Å²) in [6.07, 6.45) is 3.90. The molecule has 4 aromatic rings. The molecular weight excluding hydrogens is 592 g/mol. The molecule has 15 nitrogen and oxygen atoms in total. The lowest BCUT2D eigenvalue weighted by Gasteiger charge is -2.35. The van der Waals surface area contributed by atoms with Crippen LogP contribution in [0.3, 0.4) is 0 Å². The molecule has 6 heterocycles. The van der Waals surface area contributed by atoms with Gasteiger partial charge in [-0.3, -0.25) is 4.79 Å². The molecule has 0 radical (unpaired) electrons. The van der Waals surface area contributed by atoms with Crippen molar-refractivity contribution in [2.75, 3.05) is 67.6 Å². The maximum Gasteiger partial charge on any atom is 0.410 e. The van der Waals surface area contributed by atoms with E-state index in [0.717, 1.165) is 0 Å². The van der Waals surface area contributed by atoms with Gasteiger partial charge in [0.05, 0.1) is 43.7 Å². The molecule has 0 aromatic carbocycles. The molecule has 6 rings (SSSR count). The Morgan fingerprint density at radius 1 is 1.00 bits per heavy atom. The van der Waals surface area contributed by atoms with E-state index < -0.39 is 23.6 Å². The molecule has 45 heavy (non-hydrogen) atoms. The van der Waals surface area contributed by atoms with Gasteiger partial charge in [0, 0.05) is 45.5 Å². The molecule has 2 saturated heterocycles. The monoisotopic (exact) mass is 625 g/mol. The molecule has 2 aliphatic heterocycles.